The second-order valence-electron chi connectivity index (χ2n) is 9.51. The second kappa shape index (κ2) is 6.82. The number of nitrogen functional groups attached to an aromatic ring is 1. The predicted molar refractivity (Wildman–Crippen MR) is 127 cm³/mol. The Morgan fingerprint density at radius 2 is 1.89 bits per heavy atom. The van der Waals surface area contributed by atoms with Crippen LogP contribution in [0.2, 0.25) is 0 Å². The van der Waals surface area contributed by atoms with Gasteiger partial charge in [-0.1, -0.05) is 13.8 Å². The zero-order chi connectivity index (χ0) is 24.8. The average Bonchev–Trinajstić information content (AvgIpc) is 2.87. The zero-order valence-corrected chi connectivity index (χ0v) is 18.7. The molecule has 4 N–H and O–H groups in total. The van der Waals surface area contributed by atoms with Crippen molar-refractivity contribution in [2.45, 2.75) is 25.7 Å². The van der Waals surface area contributed by atoms with Gasteiger partial charge >= 0.3 is 5.97 Å². The van der Waals surface area contributed by atoms with Crippen LogP contribution in [0.3, 0.4) is 0 Å². The maximum absolute atomic E-state index is 15.3. The third-order valence-electron chi connectivity index (χ3n) is 6.66. The van der Waals surface area contributed by atoms with Crippen LogP contribution in [0, 0.1) is 11.6 Å². The van der Waals surface area contributed by atoms with Crippen molar-refractivity contribution in [2.75, 3.05) is 11.1 Å². The summed E-state index contributed by atoms with van der Waals surface area (Å²) in [6.45, 7) is 3.53. The van der Waals surface area contributed by atoms with Crippen LogP contribution in [0.1, 0.15) is 35.3 Å². The molecule has 0 saturated carbocycles. The standard InChI is InChI=1S/C26H19F2N3O4/c1-26(2)9-11-5-17-20(35-19-6-12(29)3-4-16(19)30-17)8-18(11)31-10-14(25(33)34)24(32)13-7-15(27)22(28)21(26)23(13)31/h3-8,10,30H,9,29H2,1-2H3,(H,33,34). The molecule has 0 bridgehead atoms. The molecule has 1 aromatic heterocycles. The number of aromatic nitrogens is 1. The molecule has 0 amide bonds. The van der Waals surface area contributed by atoms with Gasteiger partial charge in [-0.2, -0.15) is 0 Å². The molecule has 9 heteroatoms. The largest absolute Gasteiger partial charge is 0.477 e. The van der Waals surface area contributed by atoms with Crippen molar-refractivity contribution in [3.05, 3.63) is 81.1 Å². The lowest BCUT2D eigenvalue weighted by Crippen LogP contribution is -2.25. The van der Waals surface area contributed by atoms with Gasteiger partial charge in [-0.3, -0.25) is 4.79 Å². The molecule has 0 aliphatic carbocycles. The fraction of sp³-hybridized carbons (Fsp3) is 0.154. The van der Waals surface area contributed by atoms with E-state index in [1.165, 1.54) is 10.8 Å². The lowest BCUT2D eigenvalue weighted by Gasteiger charge is -2.27. The fourth-order valence-corrected chi connectivity index (χ4v) is 5.11. The Morgan fingerprint density at radius 3 is 2.63 bits per heavy atom. The number of carbonyl (C=O) groups is 1. The number of anilines is 3. The van der Waals surface area contributed by atoms with Gasteiger partial charge in [0, 0.05) is 29.6 Å². The van der Waals surface area contributed by atoms with Crippen molar-refractivity contribution in [1.82, 2.24) is 4.57 Å². The number of nitrogens with zero attached hydrogens (tertiary/aromatic N) is 1. The molecule has 0 fully saturated rings. The number of carboxylic acids is 1. The molecule has 0 saturated heterocycles. The van der Waals surface area contributed by atoms with Crippen LogP contribution in [-0.2, 0) is 11.8 Å². The number of benzene rings is 3. The van der Waals surface area contributed by atoms with Gasteiger partial charge in [0.05, 0.1) is 28.0 Å². The Kier molecular flexibility index (Phi) is 4.12. The number of nitrogens with one attached hydrogen (secondary N) is 1. The van der Waals surface area contributed by atoms with Crippen LogP contribution in [0.4, 0.5) is 25.8 Å². The highest BCUT2D eigenvalue weighted by atomic mass is 19.2. The highest BCUT2D eigenvalue weighted by molar-refractivity contribution is 5.95. The molecule has 0 radical (unpaired) electrons. The first-order valence-corrected chi connectivity index (χ1v) is 10.9. The first-order valence-electron chi connectivity index (χ1n) is 10.9. The number of pyridine rings is 1. The summed E-state index contributed by atoms with van der Waals surface area (Å²) < 4.78 is 37.5. The number of carboxylic acid groups (broad SMARTS) is 1. The Labute approximate surface area is 197 Å². The minimum Gasteiger partial charge on any atom is -0.477 e. The van der Waals surface area contributed by atoms with Crippen LogP contribution in [0.15, 0.2) is 47.4 Å². The molecule has 3 heterocycles. The normalized spacial score (nSPS) is 14.7. The third-order valence-corrected chi connectivity index (χ3v) is 6.66. The number of hydrogen-bond acceptors (Lipinski definition) is 5. The number of rotatable bonds is 1. The Hall–Kier alpha value is -4.40. The minimum atomic E-state index is -1.46. The van der Waals surface area contributed by atoms with Crippen LogP contribution in [0.25, 0.3) is 16.6 Å². The number of fused-ring (bicyclic) bond motifs is 4. The molecule has 4 aromatic rings. The highest BCUT2D eigenvalue weighted by Crippen LogP contribution is 2.47. The summed E-state index contributed by atoms with van der Waals surface area (Å²) in [6.07, 6.45) is 1.46. The number of nitrogens with two attached hydrogens (primary N) is 1. The molecular weight excluding hydrogens is 456 g/mol. The molecule has 35 heavy (non-hydrogen) atoms. The SMILES string of the molecule is CC1(C)Cc2cc3c(cc2-n2cc(C(=O)O)c(=O)c4cc(F)c(F)c1c42)Oc1cc(N)ccc1N3. The second-order valence-corrected chi connectivity index (χ2v) is 9.51. The van der Waals surface area contributed by atoms with E-state index < -0.39 is 34.0 Å². The van der Waals surface area contributed by atoms with E-state index in [0.29, 0.717) is 35.0 Å². The van der Waals surface area contributed by atoms with Crippen LogP contribution < -0.4 is 21.2 Å². The van der Waals surface area contributed by atoms with Gasteiger partial charge in [0.1, 0.15) is 5.56 Å². The molecule has 2 aliphatic heterocycles. The van der Waals surface area contributed by atoms with E-state index in [0.717, 1.165) is 17.3 Å². The summed E-state index contributed by atoms with van der Waals surface area (Å²) in [6, 6.07) is 9.53. The number of aromatic carboxylic acids is 1. The molecule has 0 unspecified atom stereocenters. The maximum atomic E-state index is 15.3. The van der Waals surface area contributed by atoms with Gasteiger partial charge in [0.25, 0.3) is 0 Å². The maximum Gasteiger partial charge on any atom is 0.341 e. The predicted octanol–water partition coefficient (Wildman–Crippen LogP) is 5.23. The van der Waals surface area contributed by atoms with E-state index in [1.807, 2.05) is 6.07 Å². The van der Waals surface area contributed by atoms with Crippen molar-refractivity contribution in [3.63, 3.8) is 0 Å². The molecule has 2 aliphatic rings. The highest BCUT2D eigenvalue weighted by Gasteiger charge is 2.36. The van der Waals surface area contributed by atoms with Crippen molar-refractivity contribution in [1.29, 1.82) is 0 Å². The first kappa shape index (κ1) is 21.2. The van der Waals surface area contributed by atoms with Gasteiger partial charge in [-0.15, -0.1) is 0 Å². The van der Waals surface area contributed by atoms with Gasteiger partial charge < -0.3 is 25.5 Å². The average molecular weight is 475 g/mol. The lowest BCUT2D eigenvalue weighted by molar-refractivity contribution is 0.0695. The van der Waals surface area contributed by atoms with Crippen molar-refractivity contribution in [3.8, 4) is 17.2 Å². The number of halogens is 2. The van der Waals surface area contributed by atoms with Gasteiger partial charge in [0.2, 0.25) is 5.43 Å². The Morgan fingerprint density at radius 1 is 1.14 bits per heavy atom. The van der Waals surface area contributed by atoms with E-state index in [9.17, 15) is 19.1 Å². The van der Waals surface area contributed by atoms with Crippen molar-refractivity contribution >= 4 is 33.9 Å². The van der Waals surface area contributed by atoms with Crippen LogP contribution in [0.5, 0.6) is 11.5 Å². The van der Waals surface area contributed by atoms with E-state index in [2.05, 4.69) is 5.32 Å². The van der Waals surface area contributed by atoms with E-state index >= 15 is 4.39 Å². The van der Waals surface area contributed by atoms with Gasteiger partial charge in [-0.25, -0.2) is 13.6 Å². The molecular formula is C26H19F2N3O4. The van der Waals surface area contributed by atoms with E-state index in [1.54, 1.807) is 38.1 Å². The van der Waals surface area contributed by atoms with Crippen LogP contribution in [-0.4, -0.2) is 15.6 Å². The van der Waals surface area contributed by atoms with Gasteiger partial charge in [0.15, 0.2) is 23.1 Å². The fourth-order valence-electron chi connectivity index (χ4n) is 5.11. The zero-order valence-electron chi connectivity index (χ0n) is 18.7. The molecule has 3 aromatic carbocycles. The van der Waals surface area contributed by atoms with E-state index in [4.69, 9.17) is 10.5 Å². The summed E-state index contributed by atoms with van der Waals surface area (Å²) in [5, 5.41) is 12.8. The van der Waals surface area contributed by atoms with Crippen LogP contribution >= 0.6 is 0 Å². The quantitative estimate of drug-likeness (QED) is 0.287. The number of hydrogen-bond donors (Lipinski definition) is 3. The summed E-state index contributed by atoms with van der Waals surface area (Å²) >= 11 is 0. The first-order chi connectivity index (χ1) is 16.5. The van der Waals surface area contributed by atoms with E-state index in [-0.39, 0.29) is 16.5 Å². The smallest absolute Gasteiger partial charge is 0.341 e. The molecule has 176 valence electrons. The topological polar surface area (TPSA) is 107 Å². The lowest BCUT2D eigenvalue weighted by atomic mass is 9.78. The summed E-state index contributed by atoms with van der Waals surface area (Å²) in [4.78, 5) is 24.9. The summed E-state index contributed by atoms with van der Waals surface area (Å²) in [7, 11) is 0. The Balaban J connectivity index is 1.71. The molecule has 7 nitrogen and oxygen atoms in total. The minimum absolute atomic E-state index is 0.0145. The van der Waals surface area contributed by atoms with Crippen molar-refractivity contribution < 1.29 is 23.4 Å². The van der Waals surface area contributed by atoms with Gasteiger partial charge in [-0.05, 0) is 41.7 Å². The monoisotopic (exact) mass is 475 g/mol. The number of ether oxygens (including phenoxy) is 1. The Bertz CT molecular complexity index is 1690. The molecule has 0 atom stereocenters. The summed E-state index contributed by atoms with van der Waals surface area (Å²) in [5.74, 6) is -2.77. The third kappa shape index (κ3) is 2.94. The van der Waals surface area contributed by atoms with Crippen molar-refractivity contribution in [2.24, 2.45) is 0 Å². The molecule has 0 spiro atoms. The molecule has 6 rings (SSSR count). The summed E-state index contributed by atoms with van der Waals surface area (Å²) in [5.41, 5.74) is 6.83.